The Morgan fingerprint density at radius 1 is 1.25 bits per heavy atom. The Morgan fingerprint density at radius 3 is 2.92 bits per heavy atom. The van der Waals surface area contributed by atoms with Crippen LogP contribution < -0.4 is 4.90 Å². The molecule has 0 aliphatic carbocycles. The highest BCUT2D eigenvalue weighted by Crippen LogP contribution is 2.32. The number of alkyl halides is 3. The SMILES string of the molecule is FC(F)(F)c1cnc([C@H]2CCCN(c3nccn4cnnc34)C2)[nH]1. The molecule has 4 rings (SSSR count). The fraction of sp³-hybridized carbons (Fsp3) is 0.429. The predicted molar refractivity (Wildman–Crippen MR) is 78.6 cm³/mol. The average Bonchev–Trinajstić information content (AvgIpc) is 3.23. The molecule has 0 saturated carbocycles. The highest BCUT2D eigenvalue weighted by atomic mass is 19.4. The van der Waals surface area contributed by atoms with Crippen molar-refractivity contribution in [3.63, 3.8) is 0 Å². The van der Waals surface area contributed by atoms with Crippen molar-refractivity contribution in [3.05, 3.63) is 36.4 Å². The molecule has 0 radical (unpaired) electrons. The lowest BCUT2D eigenvalue weighted by atomic mass is 9.97. The molecule has 0 spiro atoms. The minimum absolute atomic E-state index is 0.111. The summed E-state index contributed by atoms with van der Waals surface area (Å²) >= 11 is 0. The number of H-pyrrole nitrogens is 1. The van der Waals surface area contributed by atoms with Gasteiger partial charge in [-0.1, -0.05) is 0 Å². The first-order valence-electron chi connectivity index (χ1n) is 7.54. The summed E-state index contributed by atoms with van der Waals surface area (Å²) in [6, 6.07) is 0. The van der Waals surface area contributed by atoms with Gasteiger partial charge in [0.05, 0.1) is 6.20 Å². The minimum Gasteiger partial charge on any atom is -0.353 e. The highest BCUT2D eigenvalue weighted by molar-refractivity contribution is 5.63. The van der Waals surface area contributed by atoms with Gasteiger partial charge in [-0.3, -0.25) is 4.40 Å². The van der Waals surface area contributed by atoms with Crippen LogP contribution in [0.3, 0.4) is 0 Å². The van der Waals surface area contributed by atoms with Crippen LogP contribution in [0.15, 0.2) is 24.9 Å². The number of rotatable bonds is 2. The largest absolute Gasteiger partial charge is 0.432 e. The third-order valence-corrected chi connectivity index (χ3v) is 4.21. The molecule has 3 aromatic heterocycles. The van der Waals surface area contributed by atoms with E-state index < -0.39 is 11.9 Å². The number of aromatic amines is 1. The molecule has 24 heavy (non-hydrogen) atoms. The topological polar surface area (TPSA) is 75.0 Å². The molecule has 10 heteroatoms. The second-order valence-electron chi connectivity index (χ2n) is 5.78. The summed E-state index contributed by atoms with van der Waals surface area (Å²) in [5, 5.41) is 7.93. The van der Waals surface area contributed by atoms with Crippen molar-refractivity contribution in [3.8, 4) is 0 Å². The maximum atomic E-state index is 12.7. The molecule has 1 saturated heterocycles. The first-order valence-corrected chi connectivity index (χ1v) is 7.54. The fourth-order valence-corrected chi connectivity index (χ4v) is 3.05. The molecule has 0 bridgehead atoms. The van der Waals surface area contributed by atoms with E-state index in [2.05, 4.69) is 25.1 Å². The molecule has 1 aliphatic rings. The zero-order chi connectivity index (χ0) is 16.7. The summed E-state index contributed by atoms with van der Waals surface area (Å²) in [6.07, 6.45) is 3.05. The monoisotopic (exact) mass is 337 g/mol. The third-order valence-electron chi connectivity index (χ3n) is 4.21. The van der Waals surface area contributed by atoms with E-state index in [4.69, 9.17) is 0 Å². The van der Waals surface area contributed by atoms with Gasteiger partial charge in [0.2, 0.25) is 5.65 Å². The van der Waals surface area contributed by atoms with Gasteiger partial charge in [-0.05, 0) is 12.8 Å². The number of halogens is 3. The molecule has 1 N–H and O–H groups in total. The second kappa shape index (κ2) is 5.46. The molecule has 0 unspecified atom stereocenters. The molecule has 1 fully saturated rings. The van der Waals surface area contributed by atoms with Crippen LogP contribution >= 0.6 is 0 Å². The number of imidazole rings is 1. The Bertz CT molecular complexity index is 853. The van der Waals surface area contributed by atoms with Crippen LogP contribution in [0.5, 0.6) is 0 Å². The van der Waals surface area contributed by atoms with Gasteiger partial charge in [0.1, 0.15) is 17.8 Å². The smallest absolute Gasteiger partial charge is 0.353 e. The third kappa shape index (κ3) is 2.57. The molecule has 0 amide bonds. The molecule has 7 nitrogen and oxygen atoms in total. The number of nitrogens with zero attached hydrogens (tertiary/aromatic N) is 6. The van der Waals surface area contributed by atoms with Crippen LogP contribution in [0, 0.1) is 0 Å². The van der Waals surface area contributed by atoms with Crippen LogP contribution in [0.1, 0.15) is 30.3 Å². The van der Waals surface area contributed by atoms with Crippen LogP contribution in [-0.4, -0.2) is 42.6 Å². The molecular formula is C14H14F3N7. The summed E-state index contributed by atoms with van der Waals surface area (Å²) in [5.74, 6) is 0.933. The lowest BCUT2D eigenvalue weighted by Crippen LogP contribution is -2.35. The molecule has 1 atom stereocenters. The Labute approximate surface area is 134 Å². The zero-order valence-electron chi connectivity index (χ0n) is 12.5. The van der Waals surface area contributed by atoms with Gasteiger partial charge in [0.15, 0.2) is 5.82 Å². The number of hydrogen-bond donors (Lipinski definition) is 1. The quantitative estimate of drug-likeness (QED) is 0.776. The van der Waals surface area contributed by atoms with Crippen LogP contribution in [0.4, 0.5) is 19.0 Å². The number of hydrogen-bond acceptors (Lipinski definition) is 5. The summed E-state index contributed by atoms with van der Waals surface area (Å²) < 4.78 is 40.0. The normalized spacial score (nSPS) is 19.1. The standard InChI is InChI=1S/C14H14F3N7/c15-14(16,17)10-6-19-11(21-10)9-2-1-4-23(7-9)12-13-22-20-8-24(13)5-3-18-12/h3,5-6,8-9H,1-2,4,7H2,(H,19,21)/t9-/m0/s1. The van der Waals surface area contributed by atoms with Crippen LogP contribution in [0.2, 0.25) is 0 Å². The van der Waals surface area contributed by atoms with E-state index in [0.29, 0.717) is 23.8 Å². The maximum absolute atomic E-state index is 12.7. The number of aromatic nitrogens is 6. The van der Waals surface area contributed by atoms with Gasteiger partial charge in [0, 0.05) is 31.4 Å². The minimum atomic E-state index is -4.41. The van der Waals surface area contributed by atoms with Gasteiger partial charge in [-0.2, -0.15) is 13.2 Å². The second-order valence-corrected chi connectivity index (χ2v) is 5.78. The predicted octanol–water partition coefficient (Wildman–Crippen LogP) is 2.25. The molecule has 4 heterocycles. The van der Waals surface area contributed by atoms with Crippen molar-refractivity contribution < 1.29 is 13.2 Å². The van der Waals surface area contributed by atoms with Crippen molar-refractivity contribution in [1.29, 1.82) is 0 Å². The van der Waals surface area contributed by atoms with E-state index in [9.17, 15) is 13.2 Å². The van der Waals surface area contributed by atoms with E-state index in [0.717, 1.165) is 25.6 Å². The number of fused-ring (bicyclic) bond motifs is 1. The van der Waals surface area contributed by atoms with Gasteiger partial charge >= 0.3 is 6.18 Å². The van der Waals surface area contributed by atoms with E-state index in [1.165, 1.54) is 0 Å². The van der Waals surface area contributed by atoms with Crippen molar-refractivity contribution in [2.45, 2.75) is 24.9 Å². The van der Waals surface area contributed by atoms with Crippen molar-refractivity contribution in [1.82, 2.24) is 29.5 Å². The van der Waals surface area contributed by atoms with Gasteiger partial charge in [0.25, 0.3) is 0 Å². The van der Waals surface area contributed by atoms with Gasteiger partial charge in [-0.25, -0.2) is 9.97 Å². The molecule has 0 aromatic carbocycles. The number of piperidine rings is 1. The van der Waals surface area contributed by atoms with E-state index in [1.807, 2.05) is 4.90 Å². The average molecular weight is 337 g/mol. The Morgan fingerprint density at radius 2 is 2.12 bits per heavy atom. The first-order chi connectivity index (χ1) is 11.5. The van der Waals surface area contributed by atoms with Crippen LogP contribution in [-0.2, 0) is 6.18 Å². The number of nitrogens with one attached hydrogen (secondary N) is 1. The molecule has 1 aliphatic heterocycles. The van der Waals surface area contributed by atoms with Gasteiger partial charge < -0.3 is 9.88 Å². The molecular weight excluding hydrogens is 323 g/mol. The molecule has 3 aromatic rings. The van der Waals surface area contributed by atoms with E-state index in [1.54, 1.807) is 23.1 Å². The van der Waals surface area contributed by atoms with Crippen molar-refractivity contribution >= 4 is 11.5 Å². The van der Waals surface area contributed by atoms with Gasteiger partial charge in [-0.15, -0.1) is 10.2 Å². The van der Waals surface area contributed by atoms with E-state index >= 15 is 0 Å². The lowest BCUT2D eigenvalue weighted by molar-refractivity contribution is -0.141. The Hall–Kier alpha value is -2.65. The van der Waals surface area contributed by atoms with Crippen LogP contribution in [0.25, 0.3) is 5.65 Å². The van der Waals surface area contributed by atoms with Crippen molar-refractivity contribution in [2.24, 2.45) is 0 Å². The number of anilines is 1. The Balaban J connectivity index is 1.60. The fourth-order valence-electron chi connectivity index (χ4n) is 3.05. The summed E-state index contributed by atoms with van der Waals surface area (Å²) in [5.41, 5.74) is -0.180. The first kappa shape index (κ1) is 14.9. The summed E-state index contributed by atoms with van der Waals surface area (Å²) in [4.78, 5) is 12.7. The highest BCUT2D eigenvalue weighted by Gasteiger charge is 2.34. The zero-order valence-corrected chi connectivity index (χ0v) is 12.5. The maximum Gasteiger partial charge on any atom is 0.432 e. The summed E-state index contributed by atoms with van der Waals surface area (Å²) in [6.45, 7) is 1.30. The van der Waals surface area contributed by atoms with Crippen molar-refractivity contribution in [2.75, 3.05) is 18.0 Å². The summed E-state index contributed by atoms with van der Waals surface area (Å²) in [7, 11) is 0. The van der Waals surface area contributed by atoms with E-state index in [-0.39, 0.29) is 5.92 Å². The Kier molecular flexibility index (Phi) is 3.39. The molecule has 126 valence electrons. The lowest BCUT2D eigenvalue weighted by Gasteiger charge is -2.32.